The summed E-state index contributed by atoms with van der Waals surface area (Å²) in [5.41, 5.74) is 9.18. The molecule has 38 heavy (non-hydrogen) atoms. The van der Waals surface area contributed by atoms with Gasteiger partial charge in [0.25, 0.3) is 0 Å². The summed E-state index contributed by atoms with van der Waals surface area (Å²) in [6.45, 7) is 0. The third-order valence-electron chi connectivity index (χ3n) is 7.55. The first-order chi connectivity index (χ1) is 18.9. The maximum Gasteiger partial charge on any atom is 0.0788 e. The molecule has 3 heterocycles. The Balaban J connectivity index is 1.57. The lowest BCUT2D eigenvalue weighted by Crippen LogP contribution is -1.99. The normalized spacial score (nSPS) is 11.7. The van der Waals surface area contributed by atoms with E-state index in [0.717, 1.165) is 22.6 Å². The van der Waals surface area contributed by atoms with Gasteiger partial charge < -0.3 is 9.13 Å². The van der Waals surface area contributed by atoms with Crippen LogP contribution in [0.1, 0.15) is 0 Å². The molecule has 0 aliphatic heterocycles. The van der Waals surface area contributed by atoms with E-state index in [1.54, 1.807) is 0 Å². The number of para-hydroxylation sites is 3. The van der Waals surface area contributed by atoms with Crippen LogP contribution in [0, 0.1) is 0 Å². The van der Waals surface area contributed by atoms with Crippen molar-refractivity contribution in [3.8, 4) is 22.6 Å². The Morgan fingerprint density at radius 1 is 0.421 bits per heavy atom. The molecule has 0 atom stereocenters. The van der Waals surface area contributed by atoms with Crippen LogP contribution < -0.4 is 0 Å². The van der Waals surface area contributed by atoms with Crippen LogP contribution in [0.15, 0.2) is 140 Å². The van der Waals surface area contributed by atoms with E-state index >= 15 is 0 Å². The largest absolute Gasteiger partial charge is 0.307 e. The molecule has 0 unspecified atom stereocenters. The maximum absolute atomic E-state index is 4.62. The van der Waals surface area contributed by atoms with Gasteiger partial charge >= 0.3 is 0 Å². The smallest absolute Gasteiger partial charge is 0.0788 e. The van der Waals surface area contributed by atoms with Crippen LogP contribution in [0.3, 0.4) is 0 Å². The number of aromatic nitrogens is 3. The zero-order valence-corrected chi connectivity index (χ0v) is 20.6. The van der Waals surface area contributed by atoms with Crippen molar-refractivity contribution in [2.24, 2.45) is 0 Å². The number of fused-ring (bicyclic) bond motifs is 7. The monoisotopic (exact) mass is 485 g/mol. The van der Waals surface area contributed by atoms with Gasteiger partial charge in [-0.05, 0) is 48.5 Å². The van der Waals surface area contributed by atoms with Crippen molar-refractivity contribution in [1.82, 2.24) is 14.1 Å². The third kappa shape index (κ3) is 2.99. The van der Waals surface area contributed by atoms with Crippen LogP contribution in [0.5, 0.6) is 0 Å². The highest BCUT2D eigenvalue weighted by atomic mass is 15.0. The van der Waals surface area contributed by atoms with Crippen molar-refractivity contribution in [2.45, 2.75) is 0 Å². The lowest BCUT2D eigenvalue weighted by molar-refractivity contribution is 1.15. The second kappa shape index (κ2) is 8.19. The van der Waals surface area contributed by atoms with Crippen molar-refractivity contribution in [1.29, 1.82) is 0 Å². The first kappa shape index (κ1) is 21.0. The van der Waals surface area contributed by atoms with Crippen LogP contribution in [-0.2, 0) is 0 Å². The fourth-order valence-corrected chi connectivity index (χ4v) is 5.95. The van der Waals surface area contributed by atoms with E-state index in [9.17, 15) is 0 Å². The Hall–Kier alpha value is -5.15. The minimum Gasteiger partial charge on any atom is -0.307 e. The quantitative estimate of drug-likeness (QED) is 0.245. The zero-order valence-electron chi connectivity index (χ0n) is 20.6. The first-order valence-electron chi connectivity index (χ1n) is 12.9. The Bertz CT molecular complexity index is 2120. The summed E-state index contributed by atoms with van der Waals surface area (Å²) in [6.07, 6.45) is 1.85. The summed E-state index contributed by atoms with van der Waals surface area (Å²) < 4.78 is 4.85. The van der Waals surface area contributed by atoms with Crippen LogP contribution >= 0.6 is 0 Å². The number of rotatable bonds is 3. The molecule has 3 heteroatoms. The summed E-state index contributed by atoms with van der Waals surface area (Å²) in [5.74, 6) is 0. The van der Waals surface area contributed by atoms with E-state index < -0.39 is 0 Å². The highest BCUT2D eigenvalue weighted by Crippen LogP contribution is 2.41. The number of benzene rings is 5. The Labute approximate surface area is 219 Å². The highest BCUT2D eigenvalue weighted by Gasteiger charge is 2.21. The van der Waals surface area contributed by atoms with Gasteiger partial charge in [0.1, 0.15) is 0 Å². The number of nitrogens with zero attached hydrogens (tertiary/aromatic N) is 3. The van der Waals surface area contributed by atoms with E-state index in [1.807, 2.05) is 18.3 Å². The second-order valence-electron chi connectivity index (χ2n) is 9.66. The van der Waals surface area contributed by atoms with Crippen LogP contribution in [-0.4, -0.2) is 14.1 Å². The lowest BCUT2D eigenvalue weighted by atomic mass is 10.1. The van der Waals surface area contributed by atoms with Crippen LogP contribution in [0.25, 0.3) is 66.2 Å². The Kier molecular flexibility index (Phi) is 4.52. The molecule has 0 aliphatic rings. The lowest BCUT2D eigenvalue weighted by Gasteiger charge is -2.13. The Morgan fingerprint density at radius 2 is 1.00 bits per heavy atom. The molecule has 0 bridgehead atoms. The fourth-order valence-electron chi connectivity index (χ4n) is 5.95. The summed E-state index contributed by atoms with van der Waals surface area (Å²) in [7, 11) is 0. The van der Waals surface area contributed by atoms with Crippen molar-refractivity contribution in [3.05, 3.63) is 140 Å². The number of hydrogen-bond acceptors (Lipinski definition) is 1. The van der Waals surface area contributed by atoms with Gasteiger partial charge in [0.2, 0.25) is 0 Å². The molecular formula is C35H23N3. The highest BCUT2D eigenvalue weighted by molar-refractivity contribution is 6.23. The molecule has 3 nitrogen and oxygen atoms in total. The molecule has 0 spiro atoms. The summed E-state index contributed by atoms with van der Waals surface area (Å²) >= 11 is 0. The Morgan fingerprint density at radius 3 is 1.66 bits per heavy atom. The third-order valence-corrected chi connectivity index (χ3v) is 7.55. The van der Waals surface area contributed by atoms with Crippen molar-refractivity contribution < 1.29 is 0 Å². The second-order valence-corrected chi connectivity index (χ2v) is 9.66. The molecule has 3 aromatic heterocycles. The van der Waals surface area contributed by atoms with Gasteiger partial charge in [0.15, 0.2) is 0 Å². The SMILES string of the molecule is c1ccc(-n2c3ccccc3c3ccc4c5ccccc5n(-c5cccc(-c6ccccn6)c5)c4c32)cc1. The summed E-state index contributed by atoms with van der Waals surface area (Å²) in [5, 5.41) is 5.00. The molecule has 5 aromatic carbocycles. The van der Waals surface area contributed by atoms with Crippen molar-refractivity contribution >= 4 is 43.6 Å². The predicted octanol–water partition coefficient (Wildman–Crippen LogP) is 8.94. The minimum absolute atomic E-state index is 0.971. The standard InChI is InChI=1S/C35H23N3/c1-2-12-25(13-3-1)37-32-18-6-4-15-27(32)29-20-21-30-28-16-5-7-19-33(28)38(35(30)34(29)37)26-14-10-11-24(23-26)31-17-8-9-22-36-31/h1-23H. The van der Waals surface area contributed by atoms with Gasteiger partial charge in [-0.3, -0.25) is 4.98 Å². The minimum atomic E-state index is 0.971. The van der Waals surface area contributed by atoms with E-state index in [1.165, 1.54) is 43.6 Å². The molecule has 8 rings (SSSR count). The van der Waals surface area contributed by atoms with E-state index in [4.69, 9.17) is 0 Å². The van der Waals surface area contributed by atoms with E-state index in [-0.39, 0.29) is 0 Å². The molecular weight excluding hydrogens is 462 g/mol. The number of hydrogen-bond donors (Lipinski definition) is 0. The molecule has 0 radical (unpaired) electrons. The van der Waals surface area contributed by atoms with E-state index in [0.29, 0.717) is 0 Å². The van der Waals surface area contributed by atoms with Gasteiger partial charge in [-0.15, -0.1) is 0 Å². The zero-order chi connectivity index (χ0) is 25.1. The molecule has 0 fully saturated rings. The average molecular weight is 486 g/mol. The maximum atomic E-state index is 4.62. The molecule has 0 N–H and O–H groups in total. The molecule has 0 aliphatic carbocycles. The van der Waals surface area contributed by atoms with Crippen molar-refractivity contribution in [2.75, 3.05) is 0 Å². The molecule has 178 valence electrons. The van der Waals surface area contributed by atoms with Crippen molar-refractivity contribution in [3.63, 3.8) is 0 Å². The van der Waals surface area contributed by atoms with Gasteiger partial charge in [0, 0.05) is 44.7 Å². The van der Waals surface area contributed by atoms with Crippen LogP contribution in [0.4, 0.5) is 0 Å². The summed E-state index contributed by atoms with van der Waals surface area (Å²) in [6, 6.07) is 47.5. The first-order valence-corrected chi connectivity index (χ1v) is 12.9. The molecule has 8 aromatic rings. The number of pyridine rings is 1. The van der Waals surface area contributed by atoms with E-state index in [2.05, 4.69) is 135 Å². The van der Waals surface area contributed by atoms with Gasteiger partial charge in [0.05, 0.1) is 27.8 Å². The van der Waals surface area contributed by atoms with Crippen LogP contribution in [0.2, 0.25) is 0 Å². The van der Waals surface area contributed by atoms with Gasteiger partial charge in [-0.1, -0.05) is 84.9 Å². The summed E-state index contributed by atoms with van der Waals surface area (Å²) in [4.78, 5) is 4.62. The molecule has 0 saturated carbocycles. The topological polar surface area (TPSA) is 22.8 Å². The van der Waals surface area contributed by atoms with Gasteiger partial charge in [-0.2, -0.15) is 0 Å². The average Bonchev–Trinajstić information content (AvgIpc) is 3.51. The predicted molar refractivity (Wildman–Crippen MR) is 158 cm³/mol. The molecule has 0 amide bonds. The van der Waals surface area contributed by atoms with Gasteiger partial charge in [-0.25, -0.2) is 0 Å². The molecule has 0 saturated heterocycles. The fraction of sp³-hybridized carbons (Fsp3) is 0.